The monoisotopic (exact) mass is 268 g/mol. The van der Waals surface area contributed by atoms with Crippen LogP contribution in [0.5, 0.6) is 0 Å². The predicted molar refractivity (Wildman–Crippen MR) is 85.6 cm³/mol. The van der Waals surface area contributed by atoms with Crippen molar-refractivity contribution in [2.45, 2.75) is 91.3 Å². The van der Waals surface area contributed by atoms with Gasteiger partial charge in [0, 0.05) is 31.2 Å². The van der Waals surface area contributed by atoms with Crippen molar-refractivity contribution in [2.24, 2.45) is 5.92 Å². The van der Waals surface area contributed by atoms with Crippen LogP contribution in [-0.2, 0) is 0 Å². The zero-order valence-corrected chi connectivity index (χ0v) is 13.9. The van der Waals surface area contributed by atoms with Crippen molar-refractivity contribution in [2.75, 3.05) is 13.1 Å². The van der Waals surface area contributed by atoms with Gasteiger partial charge in [0.1, 0.15) is 0 Å². The molecule has 1 rings (SSSR count). The van der Waals surface area contributed by atoms with Gasteiger partial charge in [-0.05, 0) is 26.2 Å². The molecule has 0 aromatic heterocycles. The first-order valence-corrected chi connectivity index (χ1v) is 8.59. The van der Waals surface area contributed by atoms with Gasteiger partial charge in [-0.1, -0.05) is 52.9 Å². The summed E-state index contributed by atoms with van der Waals surface area (Å²) in [6.45, 7) is 14.2. The van der Waals surface area contributed by atoms with E-state index in [4.69, 9.17) is 0 Å². The number of hydrogen-bond donors (Lipinski definition) is 1. The van der Waals surface area contributed by atoms with E-state index in [1.165, 1.54) is 45.1 Å². The second kappa shape index (κ2) is 8.97. The van der Waals surface area contributed by atoms with Gasteiger partial charge in [-0.15, -0.1) is 0 Å². The van der Waals surface area contributed by atoms with E-state index in [-0.39, 0.29) is 0 Å². The van der Waals surface area contributed by atoms with Crippen LogP contribution in [-0.4, -0.2) is 36.1 Å². The van der Waals surface area contributed by atoms with E-state index in [9.17, 15) is 0 Å². The van der Waals surface area contributed by atoms with Crippen molar-refractivity contribution >= 4 is 0 Å². The molecule has 0 aromatic rings. The lowest BCUT2D eigenvalue weighted by molar-refractivity contribution is 0.0771. The van der Waals surface area contributed by atoms with Gasteiger partial charge in [0.25, 0.3) is 0 Å². The summed E-state index contributed by atoms with van der Waals surface area (Å²) in [5.74, 6) is 0.794. The average molecular weight is 268 g/mol. The fourth-order valence-corrected chi connectivity index (χ4v) is 3.22. The maximum absolute atomic E-state index is 3.74. The first-order chi connectivity index (χ1) is 9.10. The molecule has 1 N–H and O–H groups in total. The number of hydrogen-bond acceptors (Lipinski definition) is 2. The van der Waals surface area contributed by atoms with Gasteiger partial charge in [0.15, 0.2) is 0 Å². The molecule has 0 aromatic carbocycles. The lowest BCUT2D eigenvalue weighted by atomic mass is 9.94. The van der Waals surface area contributed by atoms with Gasteiger partial charge in [-0.3, -0.25) is 4.90 Å². The summed E-state index contributed by atoms with van der Waals surface area (Å²) in [6, 6.07) is 2.14. The summed E-state index contributed by atoms with van der Waals surface area (Å²) in [4.78, 5) is 2.75. The molecule has 4 unspecified atom stereocenters. The fraction of sp³-hybridized carbons (Fsp3) is 1.00. The first-order valence-electron chi connectivity index (χ1n) is 8.59. The summed E-state index contributed by atoms with van der Waals surface area (Å²) in [7, 11) is 0. The lowest BCUT2D eigenvalue weighted by Gasteiger charge is -2.44. The van der Waals surface area contributed by atoms with Crippen LogP contribution in [0, 0.1) is 5.92 Å². The molecule has 1 fully saturated rings. The first kappa shape index (κ1) is 17.0. The maximum atomic E-state index is 3.74. The van der Waals surface area contributed by atoms with Crippen molar-refractivity contribution in [3.8, 4) is 0 Å². The molecule has 114 valence electrons. The van der Waals surface area contributed by atoms with Crippen molar-refractivity contribution < 1.29 is 0 Å². The number of nitrogens with zero attached hydrogens (tertiary/aromatic N) is 1. The number of rotatable bonds is 8. The predicted octanol–water partition coefficient (Wildman–Crippen LogP) is 4.05. The molecule has 0 spiro atoms. The van der Waals surface area contributed by atoms with E-state index in [0.717, 1.165) is 18.5 Å². The smallest absolute Gasteiger partial charge is 0.0221 e. The molecule has 0 amide bonds. The van der Waals surface area contributed by atoms with Crippen LogP contribution in [0.3, 0.4) is 0 Å². The molecule has 2 nitrogen and oxygen atoms in total. The minimum atomic E-state index is 0.694. The van der Waals surface area contributed by atoms with Crippen molar-refractivity contribution in [3.05, 3.63) is 0 Å². The molecule has 1 saturated heterocycles. The van der Waals surface area contributed by atoms with Gasteiger partial charge in [-0.2, -0.15) is 0 Å². The minimum Gasteiger partial charge on any atom is -0.311 e. The maximum Gasteiger partial charge on any atom is 0.0221 e. The molecule has 1 aliphatic heterocycles. The van der Waals surface area contributed by atoms with Gasteiger partial charge >= 0.3 is 0 Å². The lowest BCUT2D eigenvalue weighted by Crippen LogP contribution is -2.59. The van der Waals surface area contributed by atoms with Crippen LogP contribution >= 0.6 is 0 Å². The van der Waals surface area contributed by atoms with E-state index in [2.05, 4.69) is 44.8 Å². The van der Waals surface area contributed by atoms with E-state index >= 15 is 0 Å². The summed E-state index contributed by atoms with van der Waals surface area (Å²) < 4.78 is 0. The zero-order chi connectivity index (χ0) is 14.3. The number of piperazine rings is 1. The summed E-state index contributed by atoms with van der Waals surface area (Å²) >= 11 is 0. The second-order valence-corrected chi connectivity index (χ2v) is 6.64. The standard InChI is InChI=1S/C17H36N2/c1-6-8-9-10-11-15(4)19-13-17(14(3)7-2)18-12-16(19)5/h14-18H,6-13H2,1-5H3. The Labute approximate surface area is 121 Å². The molecule has 2 heteroatoms. The number of unbranched alkanes of at least 4 members (excludes halogenated alkanes) is 3. The molecule has 0 saturated carbocycles. The Bertz CT molecular complexity index is 229. The van der Waals surface area contributed by atoms with Gasteiger partial charge in [0.2, 0.25) is 0 Å². The minimum absolute atomic E-state index is 0.694. The molecular weight excluding hydrogens is 232 g/mol. The molecule has 0 radical (unpaired) electrons. The van der Waals surface area contributed by atoms with Crippen LogP contribution in [0.25, 0.3) is 0 Å². The van der Waals surface area contributed by atoms with Gasteiger partial charge < -0.3 is 5.32 Å². The number of nitrogens with one attached hydrogen (secondary N) is 1. The Morgan fingerprint density at radius 2 is 1.89 bits per heavy atom. The zero-order valence-electron chi connectivity index (χ0n) is 13.9. The summed E-state index contributed by atoms with van der Waals surface area (Å²) in [6.07, 6.45) is 8.21. The highest BCUT2D eigenvalue weighted by molar-refractivity contribution is 4.88. The van der Waals surface area contributed by atoms with Crippen molar-refractivity contribution in [1.29, 1.82) is 0 Å². The Morgan fingerprint density at radius 1 is 1.16 bits per heavy atom. The van der Waals surface area contributed by atoms with Crippen LogP contribution in [0.4, 0.5) is 0 Å². The quantitative estimate of drug-likeness (QED) is 0.668. The van der Waals surface area contributed by atoms with Crippen LogP contribution in [0.2, 0.25) is 0 Å². The SMILES string of the molecule is CCCCCCC(C)N1CC(C(C)CC)NCC1C. The highest BCUT2D eigenvalue weighted by Crippen LogP contribution is 2.20. The third-order valence-electron chi connectivity index (χ3n) is 5.02. The molecular formula is C17H36N2. The Kier molecular flexibility index (Phi) is 8.01. The second-order valence-electron chi connectivity index (χ2n) is 6.64. The van der Waals surface area contributed by atoms with E-state index in [1.807, 2.05) is 0 Å². The Morgan fingerprint density at radius 3 is 2.53 bits per heavy atom. The highest BCUT2D eigenvalue weighted by atomic mass is 15.2. The van der Waals surface area contributed by atoms with Gasteiger partial charge in [-0.25, -0.2) is 0 Å². The Hall–Kier alpha value is -0.0800. The molecule has 1 heterocycles. The largest absolute Gasteiger partial charge is 0.311 e. The molecule has 19 heavy (non-hydrogen) atoms. The van der Waals surface area contributed by atoms with Crippen molar-refractivity contribution in [3.63, 3.8) is 0 Å². The summed E-state index contributed by atoms with van der Waals surface area (Å²) in [5, 5.41) is 3.74. The Balaban J connectivity index is 2.39. The van der Waals surface area contributed by atoms with Gasteiger partial charge in [0.05, 0.1) is 0 Å². The normalized spacial score (nSPS) is 28.3. The van der Waals surface area contributed by atoms with Crippen molar-refractivity contribution in [1.82, 2.24) is 10.2 Å². The molecule has 0 bridgehead atoms. The molecule has 4 atom stereocenters. The van der Waals surface area contributed by atoms with Crippen LogP contribution in [0.15, 0.2) is 0 Å². The fourth-order valence-electron chi connectivity index (χ4n) is 3.22. The molecule has 0 aliphatic carbocycles. The topological polar surface area (TPSA) is 15.3 Å². The van der Waals surface area contributed by atoms with E-state index in [1.54, 1.807) is 0 Å². The van der Waals surface area contributed by atoms with E-state index < -0.39 is 0 Å². The van der Waals surface area contributed by atoms with E-state index in [0.29, 0.717) is 12.1 Å². The third-order valence-corrected chi connectivity index (χ3v) is 5.02. The highest BCUT2D eigenvalue weighted by Gasteiger charge is 2.30. The average Bonchev–Trinajstić information content (AvgIpc) is 2.43. The third kappa shape index (κ3) is 5.43. The molecule has 1 aliphatic rings. The van der Waals surface area contributed by atoms with Crippen LogP contribution < -0.4 is 5.32 Å². The summed E-state index contributed by atoms with van der Waals surface area (Å²) in [5.41, 5.74) is 0. The van der Waals surface area contributed by atoms with Crippen LogP contribution in [0.1, 0.15) is 73.1 Å².